The second kappa shape index (κ2) is 5.05. The van der Waals surface area contributed by atoms with E-state index >= 15 is 0 Å². The summed E-state index contributed by atoms with van der Waals surface area (Å²) in [5.41, 5.74) is 0.759. The molecule has 0 fully saturated rings. The van der Waals surface area contributed by atoms with E-state index in [0.29, 0.717) is 5.01 Å². The third kappa shape index (κ3) is 2.25. The molecular formula is C9H5AgN3OS. The van der Waals surface area contributed by atoms with Crippen LogP contribution in [0.3, 0.4) is 0 Å². The van der Waals surface area contributed by atoms with Crippen LogP contribution < -0.4 is 0 Å². The van der Waals surface area contributed by atoms with Gasteiger partial charge in [0.1, 0.15) is 6.07 Å². The molecule has 1 aromatic heterocycles. The van der Waals surface area contributed by atoms with Gasteiger partial charge in [-0.2, -0.15) is 5.26 Å². The van der Waals surface area contributed by atoms with E-state index in [0.717, 1.165) is 10.2 Å². The Morgan fingerprint density at radius 3 is 2.80 bits per heavy atom. The van der Waals surface area contributed by atoms with Crippen molar-refractivity contribution in [1.82, 2.24) is 4.98 Å². The third-order valence-electron chi connectivity index (χ3n) is 1.70. The van der Waals surface area contributed by atoms with Crippen LogP contribution >= 0.6 is 11.3 Å². The van der Waals surface area contributed by atoms with Gasteiger partial charge in [0.05, 0.1) is 10.2 Å². The first-order chi connectivity index (χ1) is 6.85. The Kier molecular flexibility index (Phi) is 4.00. The molecule has 4 nitrogen and oxygen atoms in total. The third-order valence-corrected chi connectivity index (χ3v) is 2.75. The predicted octanol–water partition coefficient (Wildman–Crippen LogP) is 2.00. The minimum Gasteiger partial charge on any atom is -0.410 e. The molecule has 0 bridgehead atoms. The van der Waals surface area contributed by atoms with Gasteiger partial charge in [0.25, 0.3) is 0 Å². The summed E-state index contributed by atoms with van der Waals surface area (Å²) < 4.78 is 0.971. The van der Waals surface area contributed by atoms with E-state index in [1.807, 2.05) is 24.3 Å². The number of rotatable bonds is 1. The standard InChI is InChI=1S/C9H5N3OS.Ag/c10-5-7(12-13)9-11-6-3-1-2-4-8(6)14-9;/h1-4,13H;. The minimum atomic E-state index is -0.0498. The van der Waals surface area contributed by atoms with Crippen molar-refractivity contribution < 1.29 is 27.6 Å². The van der Waals surface area contributed by atoms with E-state index in [-0.39, 0.29) is 28.1 Å². The van der Waals surface area contributed by atoms with Crippen molar-refractivity contribution in [2.24, 2.45) is 5.16 Å². The fourth-order valence-corrected chi connectivity index (χ4v) is 1.99. The molecule has 0 unspecified atom stereocenters. The van der Waals surface area contributed by atoms with Gasteiger partial charge in [0, 0.05) is 22.4 Å². The average Bonchev–Trinajstić information content (AvgIpc) is 2.63. The summed E-state index contributed by atoms with van der Waals surface area (Å²) in [6.45, 7) is 0. The van der Waals surface area contributed by atoms with Crippen LogP contribution in [0, 0.1) is 11.3 Å². The molecular weight excluding hydrogens is 306 g/mol. The molecule has 1 heterocycles. The second-order valence-electron chi connectivity index (χ2n) is 2.55. The summed E-state index contributed by atoms with van der Waals surface area (Å²) in [7, 11) is 0. The molecule has 79 valence electrons. The monoisotopic (exact) mass is 310 g/mol. The molecule has 1 aromatic carbocycles. The van der Waals surface area contributed by atoms with Crippen LogP contribution in [0.1, 0.15) is 5.01 Å². The number of aromatic nitrogens is 1. The molecule has 0 atom stereocenters. The number of hydrogen-bond acceptors (Lipinski definition) is 5. The maximum absolute atomic E-state index is 8.63. The van der Waals surface area contributed by atoms with Crippen LogP contribution in [0.15, 0.2) is 29.4 Å². The molecule has 15 heavy (non-hydrogen) atoms. The molecule has 0 spiro atoms. The quantitative estimate of drug-likeness (QED) is 0.379. The Morgan fingerprint density at radius 2 is 2.20 bits per heavy atom. The first-order valence-corrected chi connectivity index (χ1v) is 4.65. The largest absolute Gasteiger partial charge is 0.410 e. The molecule has 2 aromatic rings. The van der Waals surface area contributed by atoms with Crippen LogP contribution in [0.2, 0.25) is 0 Å². The number of hydrogen-bond donors (Lipinski definition) is 1. The number of thiazole rings is 1. The minimum absolute atomic E-state index is 0. The maximum atomic E-state index is 8.63. The Labute approximate surface area is 105 Å². The van der Waals surface area contributed by atoms with Crippen molar-refractivity contribution >= 4 is 27.3 Å². The van der Waals surface area contributed by atoms with Gasteiger partial charge in [-0.1, -0.05) is 17.3 Å². The van der Waals surface area contributed by atoms with E-state index in [1.54, 1.807) is 6.07 Å². The maximum Gasteiger partial charge on any atom is 0.215 e. The van der Waals surface area contributed by atoms with E-state index in [2.05, 4.69) is 10.1 Å². The Morgan fingerprint density at radius 1 is 1.47 bits per heavy atom. The van der Waals surface area contributed by atoms with Gasteiger partial charge >= 0.3 is 0 Å². The molecule has 0 saturated carbocycles. The smallest absolute Gasteiger partial charge is 0.215 e. The molecule has 2 rings (SSSR count). The summed E-state index contributed by atoms with van der Waals surface area (Å²) in [5.74, 6) is 0. The molecule has 1 N–H and O–H groups in total. The first kappa shape index (κ1) is 11.9. The van der Waals surface area contributed by atoms with Gasteiger partial charge in [-0.15, -0.1) is 11.3 Å². The van der Waals surface area contributed by atoms with Gasteiger partial charge in [0.15, 0.2) is 5.01 Å². The predicted molar refractivity (Wildman–Crippen MR) is 53.6 cm³/mol. The van der Waals surface area contributed by atoms with E-state index < -0.39 is 0 Å². The van der Waals surface area contributed by atoms with E-state index in [1.165, 1.54) is 11.3 Å². The molecule has 0 amide bonds. The van der Waals surface area contributed by atoms with Crippen LogP contribution in [0.5, 0.6) is 0 Å². The van der Waals surface area contributed by atoms with Crippen LogP contribution in [-0.2, 0) is 22.4 Å². The van der Waals surface area contributed by atoms with Gasteiger partial charge < -0.3 is 5.21 Å². The molecule has 0 saturated heterocycles. The Balaban J connectivity index is 0.00000112. The fourth-order valence-electron chi connectivity index (χ4n) is 1.09. The van der Waals surface area contributed by atoms with Crippen molar-refractivity contribution in [3.63, 3.8) is 0 Å². The van der Waals surface area contributed by atoms with Gasteiger partial charge in [0.2, 0.25) is 5.71 Å². The van der Waals surface area contributed by atoms with E-state index in [4.69, 9.17) is 10.5 Å². The van der Waals surface area contributed by atoms with Crippen molar-refractivity contribution in [2.45, 2.75) is 0 Å². The zero-order valence-corrected chi connectivity index (χ0v) is 9.61. The Hall–Kier alpha value is -1.19. The van der Waals surface area contributed by atoms with Gasteiger partial charge in [-0.05, 0) is 12.1 Å². The van der Waals surface area contributed by atoms with Crippen molar-refractivity contribution in [3.05, 3.63) is 29.3 Å². The van der Waals surface area contributed by atoms with Crippen LogP contribution in [0.25, 0.3) is 10.2 Å². The number of nitrogens with zero attached hydrogens (tertiary/aromatic N) is 3. The average molecular weight is 311 g/mol. The van der Waals surface area contributed by atoms with Gasteiger partial charge in [-0.3, -0.25) is 0 Å². The van der Waals surface area contributed by atoms with Crippen LogP contribution in [0.4, 0.5) is 0 Å². The first-order valence-electron chi connectivity index (χ1n) is 3.83. The van der Waals surface area contributed by atoms with E-state index in [9.17, 15) is 0 Å². The molecule has 0 aliphatic rings. The summed E-state index contributed by atoms with van der Waals surface area (Å²) in [4.78, 5) is 4.16. The molecule has 0 aliphatic carbocycles. The summed E-state index contributed by atoms with van der Waals surface area (Å²) in [5, 5.41) is 20.5. The number of fused-ring (bicyclic) bond motifs is 1. The fraction of sp³-hybridized carbons (Fsp3) is 0. The zero-order valence-electron chi connectivity index (χ0n) is 7.31. The molecule has 1 radical (unpaired) electrons. The number of nitriles is 1. The van der Waals surface area contributed by atoms with Gasteiger partial charge in [-0.25, -0.2) is 4.98 Å². The number of benzene rings is 1. The number of oxime groups is 1. The van der Waals surface area contributed by atoms with Crippen LogP contribution in [-0.4, -0.2) is 15.9 Å². The second-order valence-corrected chi connectivity index (χ2v) is 3.58. The van der Waals surface area contributed by atoms with Crippen molar-refractivity contribution in [1.29, 1.82) is 5.26 Å². The molecule has 6 heteroatoms. The van der Waals surface area contributed by atoms with Crippen molar-refractivity contribution in [3.8, 4) is 6.07 Å². The summed E-state index contributed by atoms with van der Waals surface area (Å²) in [6.07, 6.45) is 0. The Bertz CT molecular complexity index is 511. The molecule has 0 aliphatic heterocycles. The zero-order chi connectivity index (χ0) is 9.97. The normalized spacial score (nSPS) is 10.7. The van der Waals surface area contributed by atoms with Crippen molar-refractivity contribution in [2.75, 3.05) is 0 Å². The number of para-hydroxylation sites is 1. The SMILES string of the molecule is N#CC(=NO)c1nc2ccccc2s1.[Ag]. The summed E-state index contributed by atoms with van der Waals surface area (Å²) in [6, 6.07) is 9.30. The topological polar surface area (TPSA) is 69.3 Å². The summed E-state index contributed by atoms with van der Waals surface area (Å²) >= 11 is 1.33.